The number of unbranched alkanes of at least 4 members (excludes halogenated alkanes) is 1. The summed E-state index contributed by atoms with van der Waals surface area (Å²) in [6.07, 6.45) is 6.69. The largest absolute Gasteiger partial charge is 0.493 e. The predicted octanol–water partition coefficient (Wildman–Crippen LogP) is 6.26. The van der Waals surface area contributed by atoms with Crippen molar-refractivity contribution >= 4 is 27.7 Å². The summed E-state index contributed by atoms with van der Waals surface area (Å²) in [6.45, 7) is 4.70. The van der Waals surface area contributed by atoms with Crippen LogP contribution in [-0.4, -0.2) is 28.0 Å². The standard InChI is InChI=1S/C29H33NO5S/c1-4-6-10-23-13-17-25(18-14-23)30(36(32,33)26-11-8-7-9-12-26)29(31)20-16-24-15-19-27(35-21-5-2)28(22-24)34-3/h7-9,11-20,22H,4-6,10,21H2,1-3H3/b20-16+. The fraction of sp³-hybridized carbons (Fsp3) is 0.276. The highest BCUT2D eigenvalue weighted by molar-refractivity contribution is 7.93. The van der Waals surface area contributed by atoms with E-state index in [0.717, 1.165) is 35.6 Å². The Morgan fingerprint density at radius 2 is 1.64 bits per heavy atom. The summed E-state index contributed by atoms with van der Waals surface area (Å²) in [4.78, 5) is 13.4. The zero-order valence-corrected chi connectivity index (χ0v) is 21.8. The zero-order valence-electron chi connectivity index (χ0n) is 21.0. The molecule has 0 aromatic heterocycles. The van der Waals surface area contributed by atoms with Gasteiger partial charge in [-0.1, -0.05) is 56.7 Å². The van der Waals surface area contributed by atoms with E-state index in [-0.39, 0.29) is 10.6 Å². The fourth-order valence-electron chi connectivity index (χ4n) is 3.62. The first-order valence-corrected chi connectivity index (χ1v) is 13.6. The topological polar surface area (TPSA) is 72.9 Å². The minimum Gasteiger partial charge on any atom is -0.493 e. The number of aryl methyl sites for hydroxylation is 1. The van der Waals surface area contributed by atoms with Crippen molar-refractivity contribution in [2.75, 3.05) is 18.0 Å². The first-order valence-electron chi connectivity index (χ1n) is 12.1. The lowest BCUT2D eigenvalue weighted by molar-refractivity contribution is -0.113. The van der Waals surface area contributed by atoms with E-state index < -0.39 is 15.9 Å². The van der Waals surface area contributed by atoms with Crippen LogP contribution in [-0.2, 0) is 21.2 Å². The van der Waals surface area contributed by atoms with Gasteiger partial charge in [0.2, 0.25) is 0 Å². The molecule has 0 aliphatic heterocycles. The number of ether oxygens (including phenoxy) is 2. The van der Waals surface area contributed by atoms with Gasteiger partial charge in [0.05, 0.1) is 24.3 Å². The Morgan fingerprint density at radius 1 is 0.917 bits per heavy atom. The Balaban J connectivity index is 1.94. The number of hydrogen-bond acceptors (Lipinski definition) is 5. The maximum atomic E-state index is 13.5. The van der Waals surface area contributed by atoms with Crippen molar-refractivity contribution in [1.29, 1.82) is 0 Å². The second kappa shape index (κ2) is 12.9. The molecule has 0 bridgehead atoms. The molecule has 0 fully saturated rings. The molecule has 0 atom stereocenters. The van der Waals surface area contributed by atoms with E-state index in [4.69, 9.17) is 9.47 Å². The van der Waals surface area contributed by atoms with E-state index >= 15 is 0 Å². The van der Waals surface area contributed by atoms with Crippen LogP contribution in [0.5, 0.6) is 11.5 Å². The lowest BCUT2D eigenvalue weighted by atomic mass is 10.1. The van der Waals surface area contributed by atoms with Gasteiger partial charge in [0.15, 0.2) is 11.5 Å². The van der Waals surface area contributed by atoms with Gasteiger partial charge in [0.25, 0.3) is 15.9 Å². The van der Waals surface area contributed by atoms with Gasteiger partial charge in [-0.15, -0.1) is 0 Å². The van der Waals surface area contributed by atoms with Crippen molar-refractivity contribution in [3.8, 4) is 11.5 Å². The van der Waals surface area contributed by atoms with Crippen LogP contribution in [0.25, 0.3) is 6.08 Å². The van der Waals surface area contributed by atoms with Crippen molar-refractivity contribution < 1.29 is 22.7 Å². The van der Waals surface area contributed by atoms with Gasteiger partial charge in [-0.2, -0.15) is 4.31 Å². The molecule has 0 radical (unpaired) electrons. The average Bonchev–Trinajstić information content (AvgIpc) is 2.91. The molecule has 0 saturated heterocycles. The Hall–Kier alpha value is -3.58. The number of benzene rings is 3. The molecule has 7 heteroatoms. The highest BCUT2D eigenvalue weighted by atomic mass is 32.2. The van der Waals surface area contributed by atoms with Crippen LogP contribution >= 0.6 is 0 Å². The third-order valence-corrected chi connectivity index (χ3v) is 7.28. The van der Waals surface area contributed by atoms with Crippen LogP contribution in [0.2, 0.25) is 0 Å². The van der Waals surface area contributed by atoms with E-state index in [2.05, 4.69) is 6.92 Å². The number of hydrogen-bond donors (Lipinski definition) is 0. The maximum absolute atomic E-state index is 13.5. The molecule has 190 valence electrons. The molecule has 36 heavy (non-hydrogen) atoms. The first kappa shape index (κ1) is 27.0. The lowest BCUT2D eigenvalue weighted by Gasteiger charge is -2.21. The van der Waals surface area contributed by atoms with Crippen LogP contribution in [0.1, 0.15) is 44.2 Å². The fourth-order valence-corrected chi connectivity index (χ4v) is 5.02. The van der Waals surface area contributed by atoms with Crippen LogP contribution in [0, 0.1) is 0 Å². The molecule has 1 amide bonds. The summed E-state index contributed by atoms with van der Waals surface area (Å²) >= 11 is 0. The molecule has 0 heterocycles. The maximum Gasteiger partial charge on any atom is 0.271 e. The monoisotopic (exact) mass is 507 g/mol. The molecule has 0 aliphatic carbocycles. The minimum atomic E-state index is -4.13. The molecule has 3 rings (SSSR count). The average molecular weight is 508 g/mol. The van der Waals surface area contributed by atoms with Gasteiger partial charge in [0.1, 0.15) is 0 Å². The summed E-state index contributed by atoms with van der Waals surface area (Å²) in [5.41, 5.74) is 2.06. The Labute approximate surface area is 214 Å². The highest BCUT2D eigenvalue weighted by Gasteiger charge is 2.29. The second-order valence-corrected chi connectivity index (χ2v) is 10.1. The summed E-state index contributed by atoms with van der Waals surface area (Å²) in [5.74, 6) is 0.471. The lowest BCUT2D eigenvalue weighted by Crippen LogP contribution is -2.35. The van der Waals surface area contributed by atoms with Gasteiger partial charge in [-0.25, -0.2) is 8.42 Å². The van der Waals surface area contributed by atoms with Gasteiger partial charge in [0, 0.05) is 6.08 Å². The first-order chi connectivity index (χ1) is 17.4. The minimum absolute atomic E-state index is 0.0425. The Kier molecular flexibility index (Phi) is 9.70. The molecular weight excluding hydrogens is 474 g/mol. The molecule has 3 aromatic carbocycles. The number of amides is 1. The SMILES string of the molecule is CCCCc1ccc(N(C(=O)/C=C/c2ccc(OCCC)c(OC)c2)S(=O)(=O)c2ccccc2)cc1. The predicted molar refractivity (Wildman–Crippen MR) is 144 cm³/mol. The number of sulfonamides is 1. The van der Waals surface area contributed by atoms with Gasteiger partial charge in [-0.05, 0) is 72.9 Å². The normalized spacial score (nSPS) is 11.4. The van der Waals surface area contributed by atoms with Crippen LogP contribution in [0.4, 0.5) is 5.69 Å². The summed E-state index contributed by atoms with van der Waals surface area (Å²) in [5, 5.41) is 0. The van der Waals surface area contributed by atoms with E-state index in [0.29, 0.717) is 23.7 Å². The molecule has 0 unspecified atom stereocenters. The van der Waals surface area contributed by atoms with Crippen LogP contribution in [0.3, 0.4) is 0 Å². The Morgan fingerprint density at radius 3 is 2.28 bits per heavy atom. The van der Waals surface area contributed by atoms with E-state index in [1.807, 2.05) is 19.1 Å². The van der Waals surface area contributed by atoms with Gasteiger partial charge < -0.3 is 9.47 Å². The Bertz CT molecular complexity index is 1270. The number of methoxy groups -OCH3 is 1. The molecule has 0 N–H and O–H groups in total. The third-order valence-electron chi connectivity index (χ3n) is 5.54. The van der Waals surface area contributed by atoms with Crippen molar-refractivity contribution in [2.24, 2.45) is 0 Å². The van der Waals surface area contributed by atoms with Crippen molar-refractivity contribution in [3.63, 3.8) is 0 Å². The third kappa shape index (κ3) is 6.76. The van der Waals surface area contributed by atoms with E-state index in [1.165, 1.54) is 18.2 Å². The number of nitrogens with zero attached hydrogens (tertiary/aromatic N) is 1. The van der Waals surface area contributed by atoms with Crippen molar-refractivity contribution in [1.82, 2.24) is 0 Å². The summed E-state index contributed by atoms with van der Waals surface area (Å²) in [6, 6.07) is 20.4. The van der Waals surface area contributed by atoms with Crippen molar-refractivity contribution in [3.05, 3.63) is 90.0 Å². The molecule has 0 aliphatic rings. The second-order valence-electron chi connectivity index (χ2n) is 8.28. The van der Waals surface area contributed by atoms with Crippen molar-refractivity contribution in [2.45, 2.75) is 44.4 Å². The highest BCUT2D eigenvalue weighted by Crippen LogP contribution is 2.29. The molecule has 6 nitrogen and oxygen atoms in total. The zero-order chi connectivity index (χ0) is 26.0. The smallest absolute Gasteiger partial charge is 0.271 e. The van der Waals surface area contributed by atoms with Gasteiger partial charge >= 0.3 is 0 Å². The summed E-state index contributed by atoms with van der Waals surface area (Å²) in [7, 11) is -2.58. The number of carbonyl (C=O) groups is 1. The number of carbonyl (C=O) groups excluding carboxylic acids is 1. The summed E-state index contributed by atoms with van der Waals surface area (Å²) < 4.78 is 39.0. The quantitative estimate of drug-likeness (QED) is 0.271. The number of anilines is 1. The molecular formula is C29H33NO5S. The molecule has 3 aromatic rings. The molecule has 0 saturated carbocycles. The number of rotatable bonds is 12. The van der Waals surface area contributed by atoms with Crippen LogP contribution in [0.15, 0.2) is 83.8 Å². The van der Waals surface area contributed by atoms with Crippen LogP contribution < -0.4 is 13.8 Å². The van der Waals surface area contributed by atoms with E-state index in [1.54, 1.807) is 61.7 Å². The molecule has 0 spiro atoms. The van der Waals surface area contributed by atoms with Gasteiger partial charge in [-0.3, -0.25) is 4.79 Å². The van der Waals surface area contributed by atoms with E-state index in [9.17, 15) is 13.2 Å².